The van der Waals surface area contributed by atoms with Crippen LogP contribution < -0.4 is 0 Å². The van der Waals surface area contributed by atoms with Crippen molar-refractivity contribution in [1.29, 1.82) is 0 Å². The van der Waals surface area contributed by atoms with Gasteiger partial charge in [-0.2, -0.15) is 0 Å². The van der Waals surface area contributed by atoms with E-state index in [2.05, 4.69) is 54.6 Å². The minimum Gasteiger partial charge on any atom is -0.516 e. The summed E-state index contributed by atoms with van der Waals surface area (Å²) in [6.07, 6.45) is 0. The molecule has 0 N–H and O–H groups in total. The lowest BCUT2D eigenvalue weighted by atomic mass is 9.86. The molecule has 0 aliphatic rings. The van der Waals surface area contributed by atoms with Crippen molar-refractivity contribution >= 4 is 25.9 Å². The second kappa shape index (κ2) is 5.77. The van der Waals surface area contributed by atoms with Crippen LogP contribution in [0.4, 0.5) is 0 Å². The molecule has 0 heterocycles. The van der Waals surface area contributed by atoms with Gasteiger partial charge in [0.25, 0.3) is 8.32 Å². The molecule has 0 radical (unpaired) electrons. The molecule has 0 spiro atoms. The van der Waals surface area contributed by atoms with E-state index >= 15 is 0 Å². The first-order valence-electron chi connectivity index (χ1n) is 7.29. The van der Waals surface area contributed by atoms with E-state index in [9.17, 15) is 4.79 Å². The molecule has 118 valence electrons. The number of carbonyl (C=O) groups excluding carboxylic acids is 1. The number of benzene rings is 1. The number of rotatable bonds is 2. The summed E-state index contributed by atoms with van der Waals surface area (Å²) < 4.78 is 5.85. The maximum Gasteiger partial charge on any atom is 0.324 e. The number of hydrogen-bond donors (Lipinski definition) is 0. The van der Waals surface area contributed by atoms with Gasteiger partial charge in [-0.15, -0.1) is 0 Å². The summed E-state index contributed by atoms with van der Waals surface area (Å²) in [6.45, 7) is 16.8. The predicted molar refractivity (Wildman–Crippen MR) is 92.8 cm³/mol. The van der Waals surface area contributed by atoms with Gasteiger partial charge in [0.05, 0.1) is 5.56 Å². The topological polar surface area (TPSA) is 26.3 Å². The molecule has 0 fully saturated rings. The van der Waals surface area contributed by atoms with Crippen LogP contribution in [-0.2, 0) is 9.84 Å². The minimum atomic E-state index is -2.11. The molecule has 0 unspecified atom stereocenters. The Hall–Kier alpha value is -0.803. The highest BCUT2D eigenvalue weighted by Crippen LogP contribution is 2.37. The molecule has 0 atom stereocenters. The summed E-state index contributed by atoms with van der Waals surface area (Å²) in [5, 5.41) is 0.688. The first kappa shape index (κ1) is 18.2. The number of halogens is 1. The van der Waals surface area contributed by atoms with Gasteiger partial charge in [-0.25, -0.2) is 4.79 Å². The highest BCUT2D eigenvalue weighted by Gasteiger charge is 2.40. The highest BCUT2D eigenvalue weighted by molar-refractivity contribution is 6.75. The normalized spacial score (nSPS) is 13.2. The summed E-state index contributed by atoms with van der Waals surface area (Å²) >= 11 is 6.25. The van der Waals surface area contributed by atoms with Crippen LogP contribution in [0.3, 0.4) is 0 Å². The average Bonchev–Trinajstić information content (AvgIpc) is 2.25. The zero-order valence-electron chi connectivity index (χ0n) is 14.4. The summed E-state index contributed by atoms with van der Waals surface area (Å²) in [7, 11) is -2.11. The van der Waals surface area contributed by atoms with Crippen molar-refractivity contribution in [1.82, 2.24) is 0 Å². The van der Waals surface area contributed by atoms with E-state index in [4.69, 9.17) is 16.0 Å². The summed E-state index contributed by atoms with van der Waals surface area (Å²) in [4.78, 5) is 12.5. The second-order valence-electron chi connectivity index (χ2n) is 8.09. The van der Waals surface area contributed by atoms with E-state index in [0.717, 1.165) is 5.56 Å². The van der Waals surface area contributed by atoms with Crippen molar-refractivity contribution in [2.75, 3.05) is 0 Å². The van der Waals surface area contributed by atoms with Crippen LogP contribution in [-0.4, -0.2) is 14.3 Å². The largest absolute Gasteiger partial charge is 0.516 e. The third kappa shape index (κ3) is 4.33. The third-order valence-electron chi connectivity index (χ3n) is 4.16. The van der Waals surface area contributed by atoms with Gasteiger partial charge in [0.1, 0.15) is 0 Å². The van der Waals surface area contributed by atoms with Crippen LogP contribution in [0.15, 0.2) is 18.2 Å². The Morgan fingerprint density at radius 2 is 1.62 bits per heavy atom. The fourth-order valence-electron chi connectivity index (χ4n) is 1.67. The van der Waals surface area contributed by atoms with Crippen LogP contribution in [0, 0.1) is 0 Å². The molecule has 0 aliphatic heterocycles. The molecule has 0 saturated carbocycles. The first-order valence-corrected chi connectivity index (χ1v) is 10.6. The SMILES string of the molecule is CC(C)(C)c1cc(C(=O)O[Si](C)(C)C(C)(C)C)ccc1Cl. The predicted octanol–water partition coefficient (Wildman–Crippen LogP) is 5.80. The average molecular weight is 327 g/mol. The van der Waals surface area contributed by atoms with Gasteiger partial charge in [0, 0.05) is 5.02 Å². The molecule has 0 amide bonds. The van der Waals surface area contributed by atoms with Crippen molar-refractivity contribution < 1.29 is 9.22 Å². The maximum atomic E-state index is 12.5. The Balaban J connectivity index is 3.11. The monoisotopic (exact) mass is 326 g/mol. The van der Waals surface area contributed by atoms with Gasteiger partial charge in [0.2, 0.25) is 0 Å². The fraction of sp³-hybridized carbons (Fsp3) is 0.588. The number of carbonyl (C=O) groups is 1. The molecule has 0 saturated heterocycles. The zero-order valence-corrected chi connectivity index (χ0v) is 16.2. The van der Waals surface area contributed by atoms with Gasteiger partial charge < -0.3 is 4.43 Å². The Bertz CT molecular complexity index is 537. The van der Waals surface area contributed by atoms with Crippen LogP contribution in [0.25, 0.3) is 0 Å². The lowest BCUT2D eigenvalue weighted by Gasteiger charge is -2.35. The maximum absolute atomic E-state index is 12.5. The molecule has 1 rings (SSSR count). The van der Waals surface area contributed by atoms with Crippen molar-refractivity contribution in [2.45, 2.75) is 65.1 Å². The minimum absolute atomic E-state index is 0.00193. The Labute approximate surface area is 135 Å². The van der Waals surface area contributed by atoms with Crippen LogP contribution in [0.5, 0.6) is 0 Å². The Morgan fingerprint density at radius 3 is 2.05 bits per heavy atom. The van der Waals surface area contributed by atoms with E-state index in [1.165, 1.54) is 0 Å². The molecule has 0 bridgehead atoms. The van der Waals surface area contributed by atoms with Gasteiger partial charge >= 0.3 is 5.97 Å². The van der Waals surface area contributed by atoms with Gasteiger partial charge in [0.15, 0.2) is 0 Å². The van der Waals surface area contributed by atoms with E-state index in [0.29, 0.717) is 10.6 Å². The quantitative estimate of drug-likeness (QED) is 0.642. The molecule has 2 nitrogen and oxygen atoms in total. The van der Waals surface area contributed by atoms with Crippen molar-refractivity contribution in [2.24, 2.45) is 0 Å². The number of hydrogen-bond acceptors (Lipinski definition) is 2. The summed E-state index contributed by atoms with van der Waals surface area (Å²) in [6, 6.07) is 5.38. The van der Waals surface area contributed by atoms with Gasteiger partial charge in [-0.3, -0.25) is 0 Å². The van der Waals surface area contributed by atoms with E-state index < -0.39 is 8.32 Å². The second-order valence-corrected chi connectivity index (χ2v) is 13.2. The van der Waals surface area contributed by atoms with E-state index in [-0.39, 0.29) is 16.4 Å². The van der Waals surface area contributed by atoms with Crippen molar-refractivity contribution in [3.8, 4) is 0 Å². The van der Waals surface area contributed by atoms with Gasteiger partial charge in [-0.1, -0.05) is 53.1 Å². The highest BCUT2D eigenvalue weighted by atomic mass is 35.5. The van der Waals surface area contributed by atoms with Crippen LogP contribution in [0.2, 0.25) is 23.2 Å². The molecule has 1 aromatic rings. The molecular weight excluding hydrogens is 300 g/mol. The Kier molecular flexibility index (Phi) is 5.01. The molecular formula is C17H27ClO2Si. The van der Waals surface area contributed by atoms with E-state index in [1.807, 2.05) is 6.07 Å². The van der Waals surface area contributed by atoms with Gasteiger partial charge in [-0.05, 0) is 47.3 Å². The smallest absolute Gasteiger partial charge is 0.324 e. The molecule has 4 heteroatoms. The van der Waals surface area contributed by atoms with Crippen LogP contribution in [0.1, 0.15) is 57.5 Å². The summed E-state index contributed by atoms with van der Waals surface area (Å²) in [5.74, 6) is -0.247. The first-order chi connectivity index (χ1) is 9.25. The zero-order chi connectivity index (χ0) is 16.6. The lowest BCUT2D eigenvalue weighted by molar-refractivity contribution is 0.0712. The van der Waals surface area contributed by atoms with Crippen molar-refractivity contribution in [3.63, 3.8) is 0 Å². The third-order valence-corrected chi connectivity index (χ3v) is 8.80. The molecule has 21 heavy (non-hydrogen) atoms. The van der Waals surface area contributed by atoms with Crippen LogP contribution >= 0.6 is 11.6 Å². The van der Waals surface area contributed by atoms with E-state index in [1.54, 1.807) is 12.1 Å². The lowest BCUT2D eigenvalue weighted by Crippen LogP contribution is -2.42. The fourth-order valence-corrected chi connectivity index (χ4v) is 2.96. The van der Waals surface area contributed by atoms with Crippen molar-refractivity contribution in [3.05, 3.63) is 34.3 Å². The molecule has 1 aromatic carbocycles. The molecule has 0 aromatic heterocycles. The molecule has 0 aliphatic carbocycles. The Morgan fingerprint density at radius 1 is 1.10 bits per heavy atom. The standard InChI is InChI=1S/C17H27ClO2Si/c1-16(2,3)13-11-12(9-10-14(13)18)15(19)20-21(7,8)17(4,5)6/h9-11H,1-8H3. The summed E-state index contributed by atoms with van der Waals surface area (Å²) in [5.41, 5.74) is 1.44.